The Kier molecular flexibility index (Phi) is 6.41. The Morgan fingerprint density at radius 1 is 1.23 bits per heavy atom. The Morgan fingerprint density at radius 2 is 1.62 bits per heavy atom. The van der Waals surface area contributed by atoms with Crippen molar-refractivity contribution in [2.24, 2.45) is 0 Å². The number of benzene rings is 1. The molecule has 2 nitrogen and oxygen atoms in total. The van der Waals surface area contributed by atoms with Gasteiger partial charge in [0, 0.05) is 0 Å². The molecule has 0 saturated heterocycles. The van der Waals surface area contributed by atoms with E-state index in [-0.39, 0.29) is 0 Å². The average Bonchev–Trinajstić information content (AvgIpc) is 2.06. The van der Waals surface area contributed by atoms with Crippen LogP contribution in [0.3, 0.4) is 0 Å². The lowest BCUT2D eigenvalue weighted by molar-refractivity contribution is 0.426. The van der Waals surface area contributed by atoms with E-state index in [0.29, 0.717) is 5.46 Å². The average molecular weight is 196 g/mol. The second-order valence-electron chi connectivity index (χ2n) is 2.52. The van der Waals surface area contributed by atoms with Crippen LogP contribution in [-0.2, 0) is 0 Å². The number of aryl methyl sites for hydroxylation is 1. The molecule has 70 valence electrons. The largest absolute Gasteiger partial charge is 0.488 e. The van der Waals surface area contributed by atoms with E-state index < -0.39 is 7.12 Å². The lowest BCUT2D eigenvalue weighted by atomic mass is 9.80. The van der Waals surface area contributed by atoms with Gasteiger partial charge in [-0.1, -0.05) is 42.0 Å². The van der Waals surface area contributed by atoms with Crippen molar-refractivity contribution >= 4 is 30.2 Å². The van der Waals surface area contributed by atoms with Gasteiger partial charge in [0.25, 0.3) is 0 Å². The molecule has 0 aliphatic heterocycles. The van der Waals surface area contributed by atoms with E-state index in [9.17, 15) is 0 Å². The molecular formula is C9H13BO2S. The van der Waals surface area contributed by atoms with Crippen LogP contribution in [-0.4, -0.2) is 22.5 Å². The summed E-state index contributed by atoms with van der Waals surface area (Å²) in [5.74, 6) is 0. The third kappa shape index (κ3) is 5.52. The Hall–Kier alpha value is -0.705. The molecule has 1 aromatic carbocycles. The smallest absolute Gasteiger partial charge is 0.423 e. The van der Waals surface area contributed by atoms with Gasteiger partial charge in [0.2, 0.25) is 0 Å². The summed E-state index contributed by atoms with van der Waals surface area (Å²) < 4.78 is 0. The fourth-order valence-electron chi connectivity index (χ4n) is 0.739. The summed E-state index contributed by atoms with van der Waals surface area (Å²) in [6.07, 6.45) is 0. The van der Waals surface area contributed by atoms with Gasteiger partial charge in [0.05, 0.1) is 0 Å². The van der Waals surface area contributed by atoms with Gasteiger partial charge in [-0.3, -0.25) is 0 Å². The molecule has 0 heterocycles. The van der Waals surface area contributed by atoms with Crippen LogP contribution in [0.2, 0.25) is 0 Å². The van der Waals surface area contributed by atoms with Crippen molar-refractivity contribution in [1.82, 2.24) is 0 Å². The fraction of sp³-hybridized carbons (Fsp3) is 0.222. The van der Waals surface area contributed by atoms with E-state index in [1.807, 2.05) is 26.0 Å². The van der Waals surface area contributed by atoms with Crippen LogP contribution >= 0.6 is 12.2 Å². The SMILES string of the molecule is CC=S.Cc1ccc(B(O)O)cc1. The molecule has 0 aliphatic rings. The van der Waals surface area contributed by atoms with Crippen LogP contribution < -0.4 is 5.46 Å². The predicted molar refractivity (Wildman–Crippen MR) is 60.3 cm³/mol. The predicted octanol–water partition coefficient (Wildman–Crippen LogP) is 0.681. The van der Waals surface area contributed by atoms with E-state index in [1.54, 1.807) is 17.5 Å². The lowest BCUT2D eigenvalue weighted by Gasteiger charge is -1.97. The van der Waals surface area contributed by atoms with Crippen molar-refractivity contribution in [1.29, 1.82) is 0 Å². The van der Waals surface area contributed by atoms with Gasteiger partial charge in [0.15, 0.2) is 0 Å². The number of hydrogen-bond acceptors (Lipinski definition) is 3. The van der Waals surface area contributed by atoms with E-state index in [4.69, 9.17) is 10.0 Å². The Bertz CT molecular complexity index is 246. The summed E-state index contributed by atoms with van der Waals surface area (Å²) in [5, 5.41) is 18.9. The molecular weight excluding hydrogens is 183 g/mol. The molecule has 0 unspecified atom stereocenters. The summed E-state index contributed by atoms with van der Waals surface area (Å²) in [6.45, 7) is 3.77. The summed E-state index contributed by atoms with van der Waals surface area (Å²) in [4.78, 5) is 0. The third-order valence-corrected chi connectivity index (χ3v) is 1.38. The van der Waals surface area contributed by atoms with Crippen molar-refractivity contribution in [2.75, 3.05) is 0 Å². The number of rotatable bonds is 1. The van der Waals surface area contributed by atoms with Crippen LogP contribution in [0.4, 0.5) is 0 Å². The molecule has 0 radical (unpaired) electrons. The van der Waals surface area contributed by atoms with Gasteiger partial charge in [-0.2, -0.15) is 0 Å². The van der Waals surface area contributed by atoms with Crippen LogP contribution in [0.5, 0.6) is 0 Å². The van der Waals surface area contributed by atoms with E-state index >= 15 is 0 Å². The second kappa shape index (κ2) is 6.77. The molecule has 1 aromatic rings. The van der Waals surface area contributed by atoms with Crippen LogP contribution in [0, 0.1) is 6.92 Å². The van der Waals surface area contributed by atoms with Crippen molar-refractivity contribution in [2.45, 2.75) is 13.8 Å². The van der Waals surface area contributed by atoms with Gasteiger partial charge in [-0.25, -0.2) is 0 Å². The highest BCUT2D eigenvalue weighted by atomic mass is 32.1. The first-order chi connectivity index (χ1) is 6.11. The van der Waals surface area contributed by atoms with E-state index in [1.165, 1.54) is 0 Å². The first kappa shape index (κ1) is 12.3. The van der Waals surface area contributed by atoms with Crippen molar-refractivity contribution < 1.29 is 10.0 Å². The minimum atomic E-state index is -1.35. The molecule has 2 N–H and O–H groups in total. The van der Waals surface area contributed by atoms with Gasteiger partial charge in [-0.15, -0.1) is 0 Å². The zero-order valence-corrected chi connectivity index (χ0v) is 8.58. The highest BCUT2D eigenvalue weighted by molar-refractivity contribution is 7.78. The maximum Gasteiger partial charge on any atom is 0.488 e. The monoisotopic (exact) mass is 196 g/mol. The van der Waals surface area contributed by atoms with Crippen LogP contribution in [0.15, 0.2) is 24.3 Å². The molecule has 0 spiro atoms. The molecule has 0 bridgehead atoms. The molecule has 0 fully saturated rings. The Balaban J connectivity index is 0.000000424. The lowest BCUT2D eigenvalue weighted by Crippen LogP contribution is -2.29. The highest BCUT2D eigenvalue weighted by Gasteiger charge is 2.08. The minimum absolute atomic E-state index is 0.533. The molecule has 0 saturated carbocycles. The molecule has 0 aromatic heterocycles. The highest BCUT2D eigenvalue weighted by Crippen LogP contribution is 1.92. The third-order valence-electron chi connectivity index (χ3n) is 1.38. The first-order valence-electron chi connectivity index (χ1n) is 3.94. The standard InChI is InChI=1S/C7H9BO2.C2H4S/c1-6-2-4-7(5-3-6)8(9)10;1-2-3/h2-5,9-10H,1H3;2H,1H3. The van der Waals surface area contributed by atoms with Crippen molar-refractivity contribution in [3.8, 4) is 0 Å². The van der Waals surface area contributed by atoms with E-state index in [2.05, 4.69) is 12.2 Å². The maximum atomic E-state index is 8.67. The van der Waals surface area contributed by atoms with Gasteiger partial charge < -0.3 is 10.0 Å². The van der Waals surface area contributed by atoms with Crippen LogP contribution in [0.1, 0.15) is 12.5 Å². The first-order valence-corrected chi connectivity index (χ1v) is 4.41. The Morgan fingerprint density at radius 3 is 1.92 bits per heavy atom. The van der Waals surface area contributed by atoms with Crippen molar-refractivity contribution in [3.05, 3.63) is 29.8 Å². The van der Waals surface area contributed by atoms with Gasteiger partial charge in [0.1, 0.15) is 0 Å². The molecule has 0 aliphatic carbocycles. The van der Waals surface area contributed by atoms with E-state index in [0.717, 1.165) is 5.56 Å². The zero-order valence-electron chi connectivity index (χ0n) is 7.77. The zero-order chi connectivity index (χ0) is 10.3. The maximum absolute atomic E-state index is 8.67. The Labute approximate surface area is 84.4 Å². The molecule has 0 atom stereocenters. The summed E-state index contributed by atoms with van der Waals surface area (Å²) >= 11 is 4.27. The van der Waals surface area contributed by atoms with Crippen molar-refractivity contribution in [3.63, 3.8) is 0 Å². The summed E-state index contributed by atoms with van der Waals surface area (Å²) in [7, 11) is -1.35. The fourth-order valence-corrected chi connectivity index (χ4v) is 0.739. The number of hydrogen-bond donors (Lipinski definition) is 2. The normalized spacial score (nSPS) is 8.31. The van der Waals surface area contributed by atoms with Crippen LogP contribution in [0.25, 0.3) is 0 Å². The number of thiocarbonyl (C=S) groups is 1. The molecule has 0 amide bonds. The summed E-state index contributed by atoms with van der Waals surface area (Å²) in [5.41, 5.74) is 1.65. The van der Waals surface area contributed by atoms with Gasteiger partial charge in [-0.05, 0) is 24.7 Å². The summed E-state index contributed by atoms with van der Waals surface area (Å²) in [6, 6.07) is 7.07. The van der Waals surface area contributed by atoms with Gasteiger partial charge >= 0.3 is 7.12 Å². The quantitative estimate of drug-likeness (QED) is 0.512. The molecule has 13 heavy (non-hydrogen) atoms. The molecule has 1 rings (SSSR count). The second-order valence-corrected chi connectivity index (χ2v) is 2.99. The molecule has 4 heteroatoms. The minimum Gasteiger partial charge on any atom is -0.423 e. The topological polar surface area (TPSA) is 40.5 Å².